The zero-order valence-electron chi connectivity index (χ0n) is 15.8. The lowest BCUT2D eigenvalue weighted by atomic mass is 10.0. The fourth-order valence-corrected chi connectivity index (χ4v) is 4.46. The molecule has 0 saturated carbocycles. The van der Waals surface area contributed by atoms with Crippen LogP contribution in [-0.4, -0.2) is 37.7 Å². The van der Waals surface area contributed by atoms with Crippen molar-refractivity contribution in [3.8, 4) is 0 Å². The number of aromatic nitrogens is 4. The molecule has 1 aliphatic rings. The molecule has 0 aliphatic carbocycles. The lowest BCUT2D eigenvalue weighted by molar-refractivity contribution is 0.197. The van der Waals surface area contributed by atoms with Crippen LogP contribution in [0.1, 0.15) is 43.0 Å². The van der Waals surface area contributed by atoms with Gasteiger partial charge >= 0.3 is 6.03 Å². The highest BCUT2D eigenvalue weighted by molar-refractivity contribution is 7.18. The summed E-state index contributed by atoms with van der Waals surface area (Å²) in [6.45, 7) is 5.59. The van der Waals surface area contributed by atoms with Gasteiger partial charge in [-0.15, -0.1) is 21.5 Å². The van der Waals surface area contributed by atoms with Gasteiger partial charge in [0.2, 0.25) is 0 Å². The van der Waals surface area contributed by atoms with Gasteiger partial charge in [0.15, 0.2) is 5.82 Å². The van der Waals surface area contributed by atoms with Crippen LogP contribution in [0.5, 0.6) is 0 Å². The number of aryl methyl sites for hydroxylation is 1. The fraction of sp³-hybridized carbons (Fsp3) is 0.474. The van der Waals surface area contributed by atoms with Gasteiger partial charge < -0.3 is 14.8 Å². The van der Waals surface area contributed by atoms with Crippen LogP contribution in [0.15, 0.2) is 24.3 Å². The van der Waals surface area contributed by atoms with Gasteiger partial charge in [0.25, 0.3) is 0 Å². The van der Waals surface area contributed by atoms with Crippen LogP contribution in [0.25, 0.3) is 10.2 Å². The molecule has 1 N–H and O–H groups in total. The molecule has 0 radical (unpaired) electrons. The molecular formula is C19H24N6OS. The van der Waals surface area contributed by atoms with E-state index in [0.29, 0.717) is 6.54 Å². The molecule has 1 aromatic carbocycles. The average molecular weight is 385 g/mol. The molecule has 1 unspecified atom stereocenters. The Kier molecular flexibility index (Phi) is 4.82. The Bertz CT molecular complexity index is 929. The predicted molar refractivity (Wildman–Crippen MR) is 106 cm³/mol. The molecule has 0 spiro atoms. The Hall–Kier alpha value is -2.48. The second-order valence-electron chi connectivity index (χ2n) is 7.33. The first kappa shape index (κ1) is 17.9. The number of carbonyl (C=O) groups excluding carboxylic acids is 1. The third-order valence-electron chi connectivity index (χ3n) is 4.92. The van der Waals surface area contributed by atoms with Crippen molar-refractivity contribution < 1.29 is 4.79 Å². The summed E-state index contributed by atoms with van der Waals surface area (Å²) in [6.07, 6.45) is 2.05. The summed E-state index contributed by atoms with van der Waals surface area (Å²) in [7, 11) is 1.80. The Morgan fingerprint density at radius 3 is 2.93 bits per heavy atom. The summed E-state index contributed by atoms with van der Waals surface area (Å²) in [5.41, 5.74) is 0.977. The Morgan fingerprint density at radius 1 is 1.33 bits per heavy atom. The molecule has 27 heavy (non-hydrogen) atoms. The third kappa shape index (κ3) is 3.53. The zero-order valence-corrected chi connectivity index (χ0v) is 16.7. The van der Waals surface area contributed by atoms with Crippen molar-refractivity contribution >= 4 is 27.6 Å². The van der Waals surface area contributed by atoms with Gasteiger partial charge in [0, 0.05) is 20.0 Å². The van der Waals surface area contributed by atoms with E-state index in [4.69, 9.17) is 0 Å². The maximum atomic E-state index is 12.8. The zero-order chi connectivity index (χ0) is 19.0. The average Bonchev–Trinajstić information content (AvgIpc) is 3.34. The minimum Gasteiger partial charge on any atom is -0.328 e. The molecule has 8 heteroatoms. The summed E-state index contributed by atoms with van der Waals surface area (Å²) in [6, 6.07) is 7.75. The number of nitrogens with one attached hydrogen (secondary N) is 1. The van der Waals surface area contributed by atoms with Gasteiger partial charge in [-0.2, -0.15) is 0 Å². The molecule has 1 atom stereocenters. The number of carbonyl (C=O) groups is 1. The van der Waals surface area contributed by atoms with Crippen molar-refractivity contribution in [1.29, 1.82) is 0 Å². The second-order valence-corrected chi connectivity index (χ2v) is 8.45. The number of fused-ring (bicyclic) bond motifs is 2. The van der Waals surface area contributed by atoms with Crippen LogP contribution in [0.3, 0.4) is 0 Å². The summed E-state index contributed by atoms with van der Waals surface area (Å²) < 4.78 is 3.29. The highest BCUT2D eigenvalue weighted by Gasteiger charge is 2.28. The quantitative estimate of drug-likeness (QED) is 0.732. The maximum absolute atomic E-state index is 12.8. The van der Waals surface area contributed by atoms with E-state index in [0.717, 1.165) is 46.3 Å². The van der Waals surface area contributed by atoms with E-state index in [1.807, 2.05) is 18.2 Å². The monoisotopic (exact) mass is 384 g/mol. The van der Waals surface area contributed by atoms with Crippen molar-refractivity contribution in [2.24, 2.45) is 5.92 Å². The predicted octanol–water partition coefficient (Wildman–Crippen LogP) is 3.37. The first-order valence-corrected chi connectivity index (χ1v) is 10.1. The van der Waals surface area contributed by atoms with Crippen LogP contribution in [0, 0.1) is 5.92 Å². The van der Waals surface area contributed by atoms with Crippen molar-refractivity contribution in [3.63, 3.8) is 0 Å². The molecule has 142 valence electrons. The van der Waals surface area contributed by atoms with E-state index >= 15 is 0 Å². The van der Waals surface area contributed by atoms with Crippen LogP contribution in [0.4, 0.5) is 4.79 Å². The minimum absolute atomic E-state index is 0.122. The molecule has 1 aliphatic heterocycles. The highest BCUT2D eigenvalue weighted by atomic mass is 32.1. The molecule has 0 fully saturated rings. The summed E-state index contributed by atoms with van der Waals surface area (Å²) >= 11 is 1.62. The number of amides is 2. The maximum Gasteiger partial charge on any atom is 0.318 e. The molecule has 3 aromatic rings. The Labute approximate surface area is 162 Å². The van der Waals surface area contributed by atoms with Crippen molar-refractivity contribution in [1.82, 2.24) is 30.0 Å². The molecule has 3 heterocycles. The SMILES string of the molecule is CC(C)C(NC(=O)N(C)Cc1nc2ccccc2s1)c1nnc2n1CCC2. The lowest BCUT2D eigenvalue weighted by Crippen LogP contribution is -2.41. The summed E-state index contributed by atoms with van der Waals surface area (Å²) in [5, 5.41) is 12.7. The minimum atomic E-state index is -0.158. The van der Waals surface area contributed by atoms with Crippen LogP contribution in [0.2, 0.25) is 0 Å². The van der Waals surface area contributed by atoms with Crippen molar-refractivity contribution in [2.45, 2.75) is 45.8 Å². The Morgan fingerprint density at radius 2 is 2.15 bits per heavy atom. The highest BCUT2D eigenvalue weighted by Crippen LogP contribution is 2.25. The number of benzene rings is 1. The van der Waals surface area contributed by atoms with E-state index in [1.165, 1.54) is 0 Å². The van der Waals surface area contributed by atoms with Gasteiger partial charge in [-0.25, -0.2) is 9.78 Å². The van der Waals surface area contributed by atoms with Crippen LogP contribution in [-0.2, 0) is 19.5 Å². The molecule has 2 aromatic heterocycles. The number of thiazole rings is 1. The Balaban J connectivity index is 1.47. The summed E-state index contributed by atoms with van der Waals surface area (Å²) in [5.74, 6) is 2.10. The van der Waals surface area contributed by atoms with E-state index in [2.05, 4.69) is 45.0 Å². The number of hydrogen-bond acceptors (Lipinski definition) is 5. The molecule has 7 nitrogen and oxygen atoms in total. The van der Waals surface area contributed by atoms with Gasteiger partial charge in [0.05, 0.1) is 22.8 Å². The van der Waals surface area contributed by atoms with E-state index in [-0.39, 0.29) is 18.0 Å². The van der Waals surface area contributed by atoms with Crippen LogP contribution < -0.4 is 5.32 Å². The normalized spacial score (nSPS) is 14.5. The lowest BCUT2D eigenvalue weighted by Gasteiger charge is -2.25. The molecule has 2 amide bonds. The largest absolute Gasteiger partial charge is 0.328 e. The fourth-order valence-electron chi connectivity index (χ4n) is 3.44. The van der Waals surface area contributed by atoms with Gasteiger partial charge in [-0.05, 0) is 24.5 Å². The molecule has 0 saturated heterocycles. The van der Waals surface area contributed by atoms with Gasteiger partial charge in [0.1, 0.15) is 10.8 Å². The number of rotatable bonds is 5. The molecule has 0 bridgehead atoms. The first-order chi connectivity index (χ1) is 13.0. The van der Waals surface area contributed by atoms with Gasteiger partial charge in [-0.3, -0.25) is 0 Å². The standard InChI is InChI=1S/C19H24N6OS/c1-12(2)17(18-23-22-15-9-6-10-25(15)18)21-19(26)24(3)11-16-20-13-7-4-5-8-14(13)27-16/h4-5,7-8,12,17H,6,9-11H2,1-3H3,(H,21,26). The second kappa shape index (κ2) is 7.26. The number of urea groups is 1. The third-order valence-corrected chi connectivity index (χ3v) is 5.94. The first-order valence-electron chi connectivity index (χ1n) is 9.31. The van der Waals surface area contributed by atoms with Crippen molar-refractivity contribution in [3.05, 3.63) is 40.9 Å². The van der Waals surface area contributed by atoms with E-state index in [1.54, 1.807) is 23.3 Å². The van der Waals surface area contributed by atoms with Crippen molar-refractivity contribution in [2.75, 3.05) is 7.05 Å². The van der Waals surface area contributed by atoms with Crippen LogP contribution >= 0.6 is 11.3 Å². The topological polar surface area (TPSA) is 75.9 Å². The molecular weight excluding hydrogens is 360 g/mol. The van der Waals surface area contributed by atoms with E-state index in [9.17, 15) is 4.79 Å². The number of hydrogen-bond donors (Lipinski definition) is 1. The number of para-hydroxylation sites is 1. The van der Waals surface area contributed by atoms with Gasteiger partial charge in [-0.1, -0.05) is 26.0 Å². The molecule has 4 rings (SSSR count). The smallest absolute Gasteiger partial charge is 0.318 e. The summed E-state index contributed by atoms with van der Waals surface area (Å²) in [4.78, 5) is 19.1. The number of nitrogens with zero attached hydrogens (tertiary/aromatic N) is 5. The van der Waals surface area contributed by atoms with E-state index < -0.39 is 0 Å².